The number of anilines is 1. The van der Waals surface area contributed by atoms with Crippen molar-refractivity contribution in [2.45, 2.75) is 25.7 Å². The van der Waals surface area contributed by atoms with Gasteiger partial charge in [0, 0.05) is 11.0 Å². The Morgan fingerprint density at radius 3 is 3.00 bits per heavy atom. The maximum atomic E-state index is 4.60. The van der Waals surface area contributed by atoms with Crippen LogP contribution in [0.4, 0.5) is 5.13 Å². The molecule has 17 heavy (non-hydrogen) atoms. The monoisotopic (exact) mass is 310 g/mol. The molecule has 2 nitrogen and oxygen atoms in total. The van der Waals surface area contributed by atoms with Gasteiger partial charge in [0.25, 0.3) is 0 Å². The first-order valence-electron chi connectivity index (χ1n) is 6.11. The molecular weight excluding hydrogens is 296 g/mol. The van der Waals surface area contributed by atoms with Gasteiger partial charge in [0.2, 0.25) is 0 Å². The highest BCUT2D eigenvalue weighted by Crippen LogP contribution is 2.30. The number of halogens is 1. The lowest BCUT2D eigenvalue weighted by molar-refractivity contribution is 0.580. The molecule has 1 N–H and O–H groups in total. The van der Waals surface area contributed by atoms with E-state index in [4.69, 9.17) is 0 Å². The van der Waals surface area contributed by atoms with Crippen molar-refractivity contribution in [1.82, 2.24) is 4.98 Å². The van der Waals surface area contributed by atoms with Crippen LogP contribution in [0.3, 0.4) is 0 Å². The zero-order valence-corrected chi connectivity index (χ0v) is 12.0. The number of hydrogen-bond acceptors (Lipinski definition) is 3. The van der Waals surface area contributed by atoms with E-state index < -0.39 is 0 Å². The first-order chi connectivity index (χ1) is 8.31. The summed E-state index contributed by atoms with van der Waals surface area (Å²) in [6.07, 6.45) is 5.56. The molecule has 1 saturated carbocycles. The second-order valence-corrected chi connectivity index (χ2v) is 6.61. The highest BCUT2D eigenvalue weighted by molar-refractivity contribution is 9.10. The molecule has 0 bridgehead atoms. The van der Waals surface area contributed by atoms with Crippen LogP contribution < -0.4 is 5.32 Å². The van der Waals surface area contributed by atoms with Crippen molar-refractivity contribution in [3.8, 4) is 0 Å². The number of thiazole rings is 1. The second-order valence-electron chi connectivity index (χ2n) is 4.66. The van der Waals surface area contributed by atoms with Gasteiger partial charge in [0.05, 0.1) is 10.2 Å². The maximum absolute atomic E-state index is 4.60. The van der Waals surface area contributed by atoms with Crippen molar-refractivity contribution >= 4 is 42.6 Å². The second kappa shape index (κ2) is 4.94. The van der Waals surface area contributed by atoms with Crippen LogP contribution in [0.15, 0.2) is 22.7 Å². The fourth-order valence-corrected chi connectivity index (χ4v) is 3.84. The van der Waals surface area contributed by atoms with Gasteiger partial charge in [-0.25, -0.2) is 4.98 Å². The average molecular weight is 311 g/mol. The Labute approximate surface area is 114 Å². The third-order valence-corrected chi connectivity index (χ3v) is 4.84. The van der Waals surface area contributed by atoms with E-state index in [-0.39, 0.29) is 0 Å². The molecule has 4 heteroatoms. The van der Waals surface area contributed by atoms with Crippen LogP contribution in [0, 0.1) is 5.92 Å². The SMILES string of the molecule is Brc1ccc2nc(NCC3CCCC3)sc2c1. The first-order valence-corrected chi connectivity index (χ1v) is 7.72. The van der Waals surface area contributed by atoms with Crippen LogP contribution >= 0.6 is 27.3 Å². The summed E-state index contributed by atoms with van der Waals surface area (Å²) >= 11 is 5.24. The van der Waals surface area contributed by atoms with E-state index in [0.717, 1.165) is 27.6 Å². The third-order valence-electron chi connectivity index (χ3n) is 3.37. The minimum Gasteiger partial charge on any atom is -0.361 e. The molecule has 0 saturated heterocycles. The lowest BCUT2D eigenvalue weighted by atomic mass is 10.1. The molecule has 1 aliphatic carbocycles. The van der Waals surface area contributed by atoms with Gasteiger partial charge in [0.15, 0.2) is 5.13 Å². The lowest BCUT2D eigenvalue weighted by Crippen LogP contribution is -2.10. The summed E-state index contributed by atoms with van der Waals surface area (Å²) in [6, 6.07) is 6.24. The maximum Gasteiger partial charge on any atom is 0.183 e. The molecule has 90 valence electrons. The minimum atomic E-state index is 0.855. The predicted molar refractivity (Wildman–Crippen MR) is 77.8 cm³/mol. The van der Waals surface area contributed by atoms with Crippen LogP contribution in [0.2, 0.25) is 0 Å². The van der Waals surface area contributed by atoms with Crippen molar-refractivity contribution in [2.24, 2.45) is 5.92 Å². The number of benzene rings is 1. The normalized spacial score (nSPS) is 16.8. The molecule has 0 aliphatic heterocycles. The van der Waals surface area contributed by atoms with Gasteiger partial charge < -0.3 is 5.32 Å². The van der Waals surface area contributed by atoms with Crippen molar-refractivity contribution in [3.63, 3.8) is 0 Å². The van der Waals surface area contributed by atoms with E-state index in [1.54, 1.807) is 11.3 Å². The molecule has 1 aliphatic rings. The summed E-state index contributed by atoms with van der Waals surface area (Å²) < 4.78 is 2.37. The highest BCUT2D eigenvalue weighted by atomic mass is 79.9. The van der Waals surface area contributed by atoms with E-state index in [2.05, 4.69) is 38.4 Å². The molecule has 0 atom stereocenters. The molecule has 0 unspecified atom stereocenters. The summed E-state index contributed by atoms with van der Waals surface area (Å²) in [7, 11) is 0. The summed E-state index contributed by atoms with van der Waals surface area (Å²) in [4.78, 5) is 4.60. The molecule has 3 rings (SSSR count). The van der Waals surface area contributed by atoms with Crippen LogP contribution in [-0.4, -0.2) is 11.5 Å². The van der Waals surface area contributed by atoms with E-state index in [0.29, 0.717) is 0 Å². The Balaban J connectivity index is 1.72. The van der Waals surface area contributed by atoms with Crippen LogP contribution in [0.25, 0.3) is 10.2 Å². The van der Waals surface area contributed by atoms with E-state index in [9.17, 15) is 0 Å². The number of aromatic nitrogens is 1. The smallest absolute Gasteiger partial charge is 0.183 e. The number of nitrogens with zero attached hydrogens (tertiary/aromatic N) is 1. The predicted octanol–water partition coefficient (Wildman–Crippen LogP) is 4.66. The molecule has 1 aromatic heterocycles. The standard InChI is InChI=1S/C13H15BrN2S/c14-10-5-6-11-12(7-10)17-13(16-11)15-8-9-3-1-2-4-9/h5-7,9H,1-4,8H2,(H,15,16). The van der Waals surface area contributed by atoms with E-state index >= 15 is 0 Å². The molecule has 0 amide bonds. The van der Waals surface area contributed by atoms with Crippen LogP contribution in [-0.2, 0) is 0 Å². The quantitative estimate of drug-likeness (QED) is 0.891. The van der Waals surface area contributed by atoms with Gasteiger partial charge in [-0.1, -0.05) is 40.1 Å². The molecule has 1 aromatic carbocycles. The number of rotatable bonds is 3. The van der Waals surface area contributed by atoms with Gasteiger partial charge >= 0.3 is 0 Å². The van der Waals surface area contributed by atoms with Gasteiger partial charge in [0.1, 0.15) is 0 Å². The largest absolute Gasteiger partial charge is 0.361 e. The molecule has 0 radical (unpaired) electrons. The fourth-order valence-electron chi connectivity index (χ4n) is 2.42. The zero-order valence-electron chi connectivity index (χ0n) is 9.58. The Kier molecular flexibility index (Phi) is 3.34. The summed E-state index contributed by atoms with van der Waals surface area (Å²) in [5.41, 5.74) is 1.09. The summed E-state index contributed by atoms with van der Waals surface area (Å²) in [6.45, 7) is 1.08. The zero-order chi connectivity index (χ0) is 11.7. The van der Waals surface area contributed by atoms with Crippen molar-refractivity contribution in [2.75, 3.05) is 11.9 Å². The minimum absolute atomic E-state index is 0.855. The van der Waals surface area contributed by atoms with Crippen LogP contribution in [0.1, 0.15) is 25.7 Å². The van der Waals surface area contributed by atoms with E-state index in [1.807, 2.05) is 6.07 Å². The Morgan fingerprint density at radius 1 is 1.35 bits per heavy atom. The van der Waals surface area contributed by atoms with Crippen molar-refractivity contribution in [1.29, 1.82) is 0 Å². The van der Waals surface area contributed by atoms with Gasteiger partial charge in [-0.05, 0) is 37.0 Å². The number of hydrogen-bond donors (Lipinski definition) is 1. The van der Waals surface area contributed by atoms with Crippen molar-refractivity contribution in [3.05, 3.63) is 22.7 Å². The van der Waals surface area contributed by atoms with Gasteiger partial charge in [-0.15, -0.1) is 0 Å². The number of fused-ring (bicyclic) bond motifs is 1. The average Bonchev–Trinajstić information content (AvgIpc) is 2.94. The third kappa shape index (κ3) is 2.63. The van der Waals surface area contributed by atoms with Gasteiger partial charge in [-0.2, -0.15) is 0 Å². The molecular formula is C13H15BrN2S. The fraction of sp³-hybridized carbons (Fsp3) is 0.462. The topological polar surface area (TPSA) is 24.9 Å². The Bertz CT molecular complexity index is 517. The first kappa shape index (κ1) is 11.5. The number of nitrogens with one attached hydrogen (secondary N) is 1. The summed E-state index contributed by atoms with van der Waals surface area (Å²) in [5.74, 6) is 0.855. The molecule has 1 heterocycles. The van der Waals surface area contributed by atoms with Crippen LogP contribution in [0.5, 0.6) is 0 Å². The highest BCUT2D eigenvalue weighted by Gasteiger charge is 2.15. The van der Waals surface area contributed by atoms with Gasteiger partial charge in [-0.3, -0.25) is 0 Å². The molecule has 0 spiro atoms. The van der Waals surface area contributed by atoms with E-state index in [1.165, 1.54) is 30.4 Å². The van der Waals surface area contributed by atoms with Crippen molar-refractivity contribution < 1.29 is 0 Å². The lowest BCUT2D eigenvalue weighted by Gasteiger charge is -2.08. The summed E-state index contributed by atoms with van der Waals surface area (Å²) in [5, 5.41) is 4.55. The Morgan fingerprint density at radius 2 is 2.18 bits per heavy atom. The Hall–Kier alpha value is -0.610. The molecule has 2 aromatic rings. The molecule has 1 fully saturated rings.